The SMILES string of the molecule is O=C(O)C(S)C1CCCC1. The lowest BCUT2D eigenvalue weighted by atomic mass is 10.0. The largest absolute Gasteiger partial charge is 0.480 e. The van der Waals surface area contributed by atoms with Gasteiger partial charge in [0, 0.05) is 0 Å². The minimum Gasteiger partial charge on any atom is -0.480 e. The number of rotatable bonds is 2. The normalized spacial score (nSPS) is 22.9. The lowest BCUT2D eigenvalue weighted by Gasteiger charge is -2.11. The predicted octanol–water partition coefficient (Wildman–Crippen LogP) is 1.56. The van der Waals surface area contributed by atoms with Crippen LogP contribution in [0.5, 0.6) is 0 Å². The van der Waals surface area contributed by atoms with Crippen molar-refractivity contribution in [3.8, 4) is 0 Å². The summed E-state index contributed by atoms with van der Waals surface area (Å²) < 4.78 is 0. The lowest BCUT2D eigenvalue weighted by Crippen LogP contribution is -2.21. The maximum atomic E-state index is 10.4. The van der Waals surface area contributed by atoms with Crippen molar-refractivity contribution < 1.29 is 9.90 Å². The van der Waals surface area contributed by atoms with Gasteiger partial charge in [-0.1, -0.05) is 12.8 Å². The maximum absolute atomic E-state index is 10.4. The summed E-state index contributed by atoms with van der Waals surface area (Å²) in [4.78, 5) is 10.4. The average Bonchev–Trinajstić information content (AvgIpc) is 2.36. The first-order valence-electron chi connectivity index (χ1n) is 3.62. The van der Waals surface area contributed by atoms with E-state index in [4.69, 9.17) is 5.11 Å². The second kappa shape index (κ2) is 3.28. The summed E-state index contributed by atoms with van der Waals surface area (Å²) in [6, 6.07) is 0. The minimum atomic E-state index is -0.768. The molecule has 1 rings (SSSR count). The second-order valence-corrected chi connectivity index (χ2v) is 3.38. The molecule has 1 aliphatic carbocycles. The molecule has 0 radical (unpaired) electrons. The van der Waals surface area contributed by atoms with Crippen LogP contribution in [0.3, 0.4) is 0 Å². The van der Waals surface area contributed by atoms with Gasteiger partial charge in [0.05, 0.1) is 0 Å². The van der Waals surface area contributed by atoms with Crippen LogP contribution in [-0.2, 0) is 4.79 Å². The summed E-state index contributed by atoms with van der Waals surface area (Å²) in [5.41, 5.74) is 0. The van der Waals surface area contributed by atoms with Gasteiger partial charge < -0.3 is 5.11 Å². The monoisotopic (exact) mass is 160 g/mol. The molecule has 1 fully saturated rings. The molecule has 0 aromatic rings. The second-order valence-electron chi connectivity index (χ2n) is 2.83. The van der Waals surface area contributed by atoms with E-state index in [9.17, 15) is 4.79 Å². The van der Waals surface area contributed by atoms with Crippen molar-refractivity contribution in [3.63, 3.8) is 0 Å². The van der Waals surface area contributed by atoms with Crippen molar-refractivity contribution in [2.45, 2.75) is 30.9 Å². The molecule has 0 amide bonds. The van der Waals surface area contributed by atoms with E-state index in [1.165, 1.54) is 12.8 Å². The van der Waals surface area contributed by atoms with Crippen LogP contribution in [0.2, 0.25) is 0 Å². The van der Waals surface area contributed by atoms with Gasteiger partial charge in [-0.15, -0.1) is 0 Å². The Hall–Kier alpha value is -0.180. The Morgan fingerprint density at radius 2 is 2.00 bits per heavy atom. The van der Waals surface area contributed by atoms with Gasteiger partial charge in [-0.3, -0.25) is 4.79 Å². The zero-order valence-corrected chi connectivity index (χ0v) is 6.68. The molecule has 0 spiro atoms. The van der Waals surface area contributed by atoms with E-state index in [-0.39, 0.29) is 0 Å². The molecule has 3 heteroatoms. The van der Waals surface area contributed by atoms with Crippen LogP contribution in [0.25, 0.3) is 0 Å². The molecule has 1 unspecified atom stereocenters. The van der Waals surface area contributed by atoms with Crippen LogP contribution in [0.4, 0.5) is 0 Å². The molecule has 0 aromatic heterocycles. The van der Waals surface area contributed by atoms with Gasteiger partial charge in [0.25, 0.3) is 0 Å². The van der Waals surface area contributed by atoms with Crippen molar-refractivity contribution in [1.82, 2.24) is 0 Å². The highest BCUT2D eigenvalue weighted by Crippen LogP contribution is 2.30. The van der Waals surface area contributed by atoms with E-state index >= 15 is 0 Å². The number of carboxylic acid groups (broad SMARTS) is 1. The molecule has 0 saturated heterocycles. The summed E-state index contributed by atoms with van der Waals surface area (Å²) in [6.45, 7) is 0. The van der Waals surface area contributed by atoms with Gasteiger partial charge >= 0.3 is 5.97 Å². The first kappa shape index (κ1) is 7.92. The molecule has 0 aliphatic heterocycles. The van der Waals surface area contributed by atoms with E-state index in [0.29, 0.717) is 5.92 Å². The molecule has 1 aliphatic rings. The fraction of sp³-hybridized carbons (Fsp3) is 0.857. The first-order valence-corrected chi connectivity index (χ1v) is 4.14. The van der Waals surface area contributed by atoms with Gasteiger partial charge in [0.1, 0.15) is 5.25 Å². The van der Waals surface area contributed by atoms with E-state index < -0.39 is 11.2 Å². The number of carboxylic acids is 1. The smallest absolute Gasteiger partial charge is 0.316 e. The summed E-state index contributed by atoms with van der Waals surface area (Å²) in [5, 5.41) is 8.14. The number of hydrogen-bond acceptors (Lipinski definition) is 2. The van der Waals surface area contributed by atoms with Gasteiger partial charge in [-0.25, -0.2) is 0 Å². The Morgan fingerprint density at radius 1 is 1.50 bits per heavy atom. The van der Waals surface area contributed by atoms with Crippen LogP contribution in [0.1, 0.15) is 25.7 Å². The van der Waals surface area contributed by atoms with Crippen molar-refractivity contribution in [1.29, 1.82) is 0 Å². The highest BCUT2D eigenvalue weighted by Gasteiger charge is 2.26. The summed E-state index contributed by atoms with van der Waals surface area (Å²) >= 11 is 4.02. The van der Waals surface area contributed by atoms with Crippen LogP contribution in [0.15, 0.2) is 0 Å². The Morgan fingerprint density at radius 3 is 2.40 bits per heavy atom. The maximum Gasteiger partial charge on any atom is 0.316 e. The zero-order chi connectivity index (χ0) is 7.56. The Kier molecular flexibility index (Phi) is 2.60. The molecule has 10 heavy (non-hydrogen) atoms. The molecule has 1 N–H and O–H groups in total. The predicted molar refractivity (Wildman–Crippen MR) is 42.4 cm³/mol. The number of thiol groups is 1. The molecule has 1 atom stereocenters. The third-order valence-corrected chi connectivity index (χ3v) is 2.74. The molecule has 0 heterocycles. The molecular formula is C7H12O2S. The standard InChI is InChI=1S/C7H12O2S/c8-7(9)6(10)5-3-1-2-4-5/h5-6,10H,1-4H2,(H,8,9). The summed E-state index contributed by atoms with van der Waals surface area (Å²) in [5.74, 6) is -0.448. The van der Waals surface area contributed by atoms with Crippen LogP contribution >= 0.6 is 12.6 Å². The van der Waals surface area contributed by atoms with Crippen molar-refractivity contribution in [3.05, 3.63) is 0 Å². The highest BCUT2D eigenvalue weighted by molar-refractivity contribution is 7.81. The van der Waals surface area contributed by atoms with E-state index in [1.807, 2.05) is 0 Å². The Balaban J connectivity index is 2.39. The fourth-order valence-corrected chi connectivity index (χ4v) is 1.77. The third kappa shape index (κ3) is 1.66. The minimum absolute atomic E-state index is 0.320. The van der Waals surface area contributed by atoms with Gasteiger partial charge in [-0.05, 0) is 18.8 Å². The quantitative estimate of drug-likeness (QED) is 0.601. The molecule has 0 bridgehead atoms. The first-order chi connectivity index (χ1) is 4.72. The topological polar surface area (TPSA) is 37.3 Å². The van der Waals surface area contributed by atoms with Crippen LogP contribution in [-0.4, -0.2) is 16.3 Å². The van der Waals surface area contributed by atoms with E-state index in [2.05, 4.69) is 12.6 Å². The van der Waals surface area contributed by atoms with Gasteiger partial charge in [0.15, 0.2) is 0 Å². The van der Waals surface area contributed by atoms with E-state index in [1.54, 1.807) is 0 Å². The third-order valence-electron chi connectivity index (χ3n) is 2.10. The van der Waals surface area contributed by atoms with Crippen molar-refractivity contribution in [2.24, 2.45) is 5.92 Å². The Labute approximate surface area is 66.0 Å². The highest BCUT2D eigenvalue weighted by atomic mass is 32.1. The number of aliphatic carboxylic acids is 1. The molecule has 0 aromatic carbocycles. The fourth-order valence-electron chi connectivity index (χ4n) is 1.47. The van der Waals surface area contributed by atoms with Crippen LogP contribution in [0, 0.1) is 5.92 Å². The van der Waals surface area contributed by atoms with Gasteiger partial charge in [0.2, 0.25) is 0 Å². The van der Waals surface area contributed by atoms with Crippen LogP contribution < -0.4 is 0 Å². The Bertz CT molecular complexity index is 130. The van der Waals surface area contributed by atoms with Crippen molar-refractivity contribution in [2.75, 3.05) is 0 Å². The molecule has 1 saturated carbocycles. The lowest BCUT2D eigenvalue weighted by molar-refractivity contribution is -0.137. The average molecular weight is 160 g/mol. The number of hydrogen-bond donors (Lipinski definition) is 2. The van der Waals surface area contributed by atoms with Crippen molar-refractivity contribution >= 4 is 18.6 Å². The number of carbonyl (C=O) groups is 1. The van der Waals surface area contributed by atoms with E-state index in [0.717, 1.165) is 12.8 Å². The zero-order valence-electron chi connectivity index (χ0n) is 5.79. The summed E-state index contributed by atoms with van der Waals surface area (Å²) in [7, 11) is 0. The van der Waals surface area contributed by atoms with Gasteiger partial charge in [-0.2, -0.15) is 12.6 Å². The molecular weight excluding hydrogens is 148 g/mol. The summed E-state index contributed by atoms with van der Waals surface area (Å²) in [6.07, 6.45) is 4.44. The molecule has 58 valence electrons. The molecule has 2 nitrogen and oxygen atoms in total.